The SMILES string of the molecule is CCCCCCCCCCCC[C@H](O[Si](C)(C)C(C)(C)C)[C@@H](O)C#CCCCC#C[C@@H](O)[C@@H](CCCCCCCCCCCC)O[Si](C)(C)C(C)(C)C. The molecule has 4 nitrogen and oxygen atoms in total. The van der Waals surface area contributed by atoms with E-state index >= 15 is 0 Å². The van der Waals surface area contributed by atoms with Gasteiger partial charge in [0.1, 0.15) is 12.2 Å². The van der Waals surface area contributed by atoms with E-state index in [0.717, 1.165) is 32.1 Å². The molecule has 0 fully saturated rings. The molecule has 2 N–H and O–H groups in total. The summed E-state index contributed by atoms with van der Waals surface area (Å²) in [4.78, 5) is 0. The number of hydrogen-bond acceptors (Lipinski definition) is 4. The monoisotopic (exact) mass is 777 g/mol. The summed E-state index contributed by atoms with van der Waals surface area (Å²) >= 11 is 0. The highest BCUT2D eigenvalue weighted by molar-refractivity contribution is 6.74. The molecule has 0 radical (unpaired) electrons. The first-order chi connectivity index (χ1) is 24.9. The number of hydrogen-bond donors (Lipinski definition) is 2. The minimum Gasteiger partial charge on any atom is -0.410 e. The van der Waals surface area contributed by atoms with Crippen molar-refractivity contribution in [3.63, 3.8) is 0 Å². The van der Waals surface area contributed by atoms with Crippen molar-refractivity contribution in [1.82, 2.24) is 0 Å². The normalized spacial score (nSPS) is 14.9. The molecule has 0 aliphatic rings. The Kier molecular flexibility index (Phi) is 29.3. The molecule has 0 bridgehead atoms. The van der Waals surface area contributed by atoms with E-state index in [0.29, 0.717) is 12.8 Å². The van der Waals surface area contributed by atoms with Gasteiger partial charge in [0.05, 0.1) is 12.2 Å². The van der Waals surface area contributed by atoms with Gasteiger partial charge in [0.25, 0.3) is 0 Å². The molecular weight excluding hydrogens is 685 g/mol. The zero-order valence-electron chi connectivity index (χ0n) is 37.7. The van der Waals surface area contributed by atoms with Crippen molar-refractivity contribution in [2.75, 3.05) is 0 Å². The van der Waals surface area contributed by atoms with Crippen LogP contribution in [0.2, 0.25) is 36.3 Å². The molecule has 0 aliphatic heterocycles. The van der Waals surface area contributed by atoms with Gasteiger partial charge < -0.3 is 19.1 Å². The van der Waals surface area contributed by atoms with Crippen molar-refractivity contribution >= 4 is 16.6 Å². The fourth-order valence-electron chi connectivity index (χ4n) is 6.14. The van der Waals surface area contributed by atoms with E-state index in [1.807, 2.05) is 0 Å². The molecule has 0 unspecified atom stereocenters. The second-order valence-electron chi connectivity index (χ2n) is 19.2. The van der Waals surface area contributed by atoms with Crippen LogP contribution in [-0.4, -0.2) is 51.3 Å². The van der Waals surface area contributed by atoms with E-state index in [2.05, 4.69) is 105 Å². The third-order valence-corrected chi connectivity index (χ3v) is 21.0. The molecular formula is C47H92O4Si2. The molecule has 0 rings (SSSR count). The van der Waals surface area contributed by atoms with E-state index in [9.17, 15) is 10.2 Å². The molecule has 0 amide bonds. The van der Waals surface area contributed by atoms with E-state index in [4.69, 9.17) is 8.85 Å². The molecule has 4 atom stereocenters. The summed E-state index contributed by atoms with van der Waals surface area (Å²) in [7, 11) is -4.08. The lowest BCUT2D eigenvalue weighted by atomic mass is 10.0. The molecule has 0 spiro atoms. The fourth-order valence-corrected chi connectivity index (χ4v) is 8.86. The van der Waals surface area contributed by atoms with Crippen LogP contribution in [0.4, 0.5) is 0 Å². The van der Waals surface area contributed by atoms with Gasteiger partial charge in [0.2, 0.25) is 0 Å². The smallest absolute Gasteiger partial charge is 0.192 e. The summed E-state index contributed by atoms with van der Waals surface area (Å²) in [5, 5.41) is 22.6. The predicted octanol–water partition coefficient (Wildman–Crippen LogP) is 14.3. The van der Waals surface area contributed by atoms with E-state index < -0.39 is 28.8 Å². The standard InChI is InChI=1S/C47H92O4Si2/c1-13-15-17-19-21-23-25-27-32-36-40-44(50-52(9,10)46(3,4)5)42(48)38-34-30-29-31-35-39-43(49)45(51-53(11,12)47(6,7)8)41-37-33-28-26-24-22-20-18-16-14-2/h42-45,48-49H,13-33,36-37,40-41H2,1-12H3/t42-,43+,44-,45+. The highest BCUT2D eigenvalue weighted by Gasteiger charge is 2.41. The minimum absolute atomic E-state index is 0.0847. The van der Waals surface area contributed by atoms with E-state index in [1.165, 1.54) is 116 Å². The summed E-state index contributed by atoms with van der Waals surface area (Å²) in [6.07, 6.45) is 27.8. The Balaban J connectivity index is 5.04. The molecule has 6 heteroatoms. The Morgan fingerprint density at radius 1 is 0.434 bits per heavy atom. The van der Waals surface area contributed by atoms with Crippen molar-refractivity contribution in [3.05, 3.63) is 0 Å². The zero-order chi connectivity index (χ0) is 40.2. The van der Waals surface area contributed by atoms with Crippen LogP contribution < -0.4 is 0 Å². The summed E-state index contributed by atoms with van der Waals surface area (Å²) in [5.41, 5.74) is 0. The van der Waals surface area contributed by atoms with Crippen molar-refractivity contribution in [1.29, 1.82) is 0 Å². The van der Waals surface area contributed by atoms with Crippen molar-refractivity contribution < 1.29 is 19.1 Å². The molecule has 0 saturated carbocycles. The van der Waals surface area contributed by atoms with Gasteiger partial charge in [0.15, 0.2) is 16.6 Å². The Labute approximate surface area is 334 Å². The molecule has 312 valence electrons. The van der Waals surface area contributed by atoms with Crippen molar-refractivity contribution in [2.24, 2.45) is 0 Å². The van der Waals surface area contributed by atoms with Crippen LogP contribution in [0, 0.1) is 23.7 Å². The Hall–Kier alpha value is -0.606. The first kappa shape index (κ1) is 52.4. The Morgan fingerprint density at radius 3 is 0.962 bits per heavy atom. The first-order valence-corrected chi connectivity index (χ1v) is 28.4. The third-order valence-electron chi connectivity index (χ3n) is 12.0. The molecule has 0 saturated heterocycles. The molecule has 0 aromatic rings. The average Bonchev–Trinajstić information content (AvgIpc) is 3.07. The van der Waals surface area contributed by atoms with Gasteiger partial charge >= 0.3 is 0 Å². The van der Waals surface area contributed by atoms with Crippen LogP contribution in [0.1, 0.15) is 216 Å². The third kappa shape index (κ3) is 26.0. The minimum atomic E-state index is -2.04. The Bertz CT molecular complexity index is 924. The second kappa shape index (κ2) is 29.6. The van der Waals surface area contributed by atoms with Crippen LogP contribution in [0.15, 0.2) is 0 Å². The molecule has 53 heavy (non-hydrogen) atoms. The fraction of sp³-hybridized carbons (Fsp3) is 0.915. The van der Waals surface area contributed by atoms with Crippen LogP contribution in [-0.2, 0) is 8.85 Å². The molecule has 0 heterocycles. The number of unbranched alkanes of at least 4 members (excludes halogenated alkanes) is 20. The lowest BCUT2D eigenvalue weighted by Gasteiger charge is -2.40. The van der Waals surface area contributed by atoms with Crippen molar-refractivity contribution in [3.8, 4) is 23.7 Å². The van der Waals surface area contributed by atoms with Crippen LogP contribution in [0.25, 0.3) is 0 Å². The van der Waals surface area contributed by atoms with Crippen LogP contribution in [0.5, 0.6) is 0 Å². The summed E-state index contributed by atoms with van der Waals surface area (Å²) in [5.74, 6) is 12.8. The topological polar surface area (TPSA) is 58.9 Å². The maximum atomic E-state index is 11.2. The van der Waals surface area contributed by atoms with Gasteiger partial charge in [0, 0.05) is 12.8 Å². The quantitative estimate of drug-likeness (QED) is 0.0433. The largest absolute Gasteiger partial charge is 0.410 e. The van der Waals surface area contributed by atoms with Gasteiger partial charge in [-0.3, -0.25) is 0 Å². The van der Waals surface area contributed by atoms with E-state index in [1.54, 1.807) is 0 Å². The van der Waals surface area contributed by atoms with Crippen molar-refractivity contribution in [2.45, 2.75) is 277 Å². The van der Waals surface area contributed by atoms with Crippen LogP contribution in [0.3, 0.4) is 0 Å². The first-order valence-electron chi connectivity index (χ1n) is 22.6. The number of rotatable bonds is 30. The lowest BCUT2D eigenvalue weighted by Crippen LogP contribution is -2.46. The van der Waals surface area contributed by atoms with E-state index in [-0.39, 0.29) is 22.3 Å². The summed E-state index contributed by atoms with van der Waals surface area (Å²) in [6.45, 7) is 27.2. The van der Waals surface area contributed by atoms with Gasteiger partial charge in [-0.2, -0.15) is 0 Å². The average molecular weight is 777 g/mol. The highest BCUT2D eigenvalue weighted by Crippen LogP contribution is 2.39. The zero-order valence-corrected chi connectivity index (χ0v) is 39.7. The Morgan fingerprint density at radius 2 is 0.698 bits per heavy atom. The van der Waals surface area contributed by atoms with Gasteiger partial charge in [-0.1, -0.05) is 196 Å². The second-order valence-corrected chi connectivity index (χ2v) is 28.7. The van der Waals surface area contributed by atoms with Crippen LogP contribution >= 0.6 is 0 Å². The maximum Gasteiger partial charge on any atom is 0.192 e. The number of aliphatic hydroxyl groups excluding tert-OH is 2. The molecule has 0 aromatic heterocycles. The summed E-state index contributed by atoms with van der Waals surface area (Å²) in [6, 6.07) is 0. The maximum absolute atomic E-state index is 11.2. The summed E-state index contributed by atoms with van der Waals surface area (Å²) < 4.78 is 13.5. The predicted molar refractivity (Wildman–Crippen MR) is 238 cm³/mol. The number of aliphatic hydroxyl groups is 2. The lowest BCUT2D eigenvalue weighted by molar-refractivity contribution is 0.0548. The highest BCUT2D eigenvalue weighted by atomic mass is 28.4. The van der Waals surface area contributed by atoms with Gasteiger partial charge in [-0.25, -0.2) is 0 Å². The molecule has 0 aliphatic carbocycles. The van der Waals surface area contributed by atoms with Gasteiger partial charge in [-0.05, 0) is 55.5 Å². The molecule has 0 aromatic carbocycles. The van der Waals surface area contributed by atoms with Gasteiger partial charge in [-0.15, -0.1) is 11.8 Å².